The number of sulfonamides is 1. The molecule has 3 heterocycles. The Morgan fingerprint density at radius 1 is 1.27 bits per heavy atom. The number of rotatable bonds is 4. The van der Waals surface area contributed by atoms with Gasteiger partial charge in [-0.15, -0.1) is 11.3 Å². The van der Waals surface area contributed by atoms with Crippen LogP contribution in [0.2, 0.25) is 0 Å². The minimum Gasteiger partial charge on any atom is -0.339 e. The van der Waals surface area contributed by atoms with Crippen LogP contribution in [0.4, 0.5) is 0 Å². The minimum atomic E-state index is -3.45. The highest BCUT2D eigenvalue weighted by Gasteiger charge is 2.33. The van der Waals surface area contributed by atoms with E-state index >= 15 is 0 Å². The fraction of sp³-hybridized carbons (Fsp3) is 0.333. The second-order valence-corrected chi connectivity index (χ2v) is 9.57. The molecule has 0 saturated carbocycles. The van der Waals surface area contributed by atoms with Gasteiger partial charge >= 0.3 is 0 Å². The number of thiophene rings is 1. The molecule has 136 valence electrons. The number of benzene rings is 1. The predicted octanol–water partition coefficient (Wildman–Crippen LogP) is 3.67. The average Bonchev–Trinajstić information content (AvgIpc) is 3.34. The molecular weight excluding hydrogens is 370 g/mol. The van der Waals surface area contributed by atoms with Crippen molar-refractivity contribution in [3.05, 3.63) is 53.2 Å². The molecule has 0 radical (unpaired) electrons. The molecule has 1 aliphatic heterocycles. The molecule has 3 aromatic rings. The number of aromatic nitrogens is 2. The summed E-state index contributed by atoms with van der Waals surface area (Å²) < 4.78 is 32.9. The van der Waals surface area contributed by atoms with Crippen molar-refractivity contribution >= 4 is 21.4 Å². The zero-order valence-corrected chi connectivity index (χ0v) is 16.0. The first-order valence-corrected chi connectivity index (χ1v) is 10.8. The van der Waals surface area contributed by atoms with Gasteiger partial charge < -0.3 is 4.52 Å². The average molecular weight is 390 g/mol. The molecule has 1 aromatic carbocycles. The van der Waals surface area contributed by atoms with E-state index in [0.717, 1.165) is 24.0 Å². The Morgan fingerprint density at radius 2 is 2.15 bits per heavy atom. The Hall–Kier alpha value is -2.03. The van der Waals surface area contributed by atoms with Crippen molar-refractivity contribution in [3.8, 4) is 11.4 Å². The summed E-state index contributed by atoms with van der Waals surface area (Å²) in [5.74, 6) is 0.971. The van der Waals surface area contributed by atoms with E-state index in [1.165, 1.54) is 15.6 Å². The zero-order chi connectivity index (χ0) is 18.1. The van der Waals surface area contributed by atoms with Gasteiger partial charge in [0.25, 0.3) is 10.0 Å². The molecule has 1 fully saturated rings. The first kappa shape index (κ1) is 17.4. The summed E-state index contributed by atoms with van der Waals surface area (Å²) in [5.41, 5.74) is 2.03. The van der Waals surface area contributed by atoms with Crippen LogP contribution >= 0.6 is 11.3 Å². The van der Waals surface area contributed by atoms with Crippen molar-refractivity contribution in [1.29, 1.82) is 0 Å². The maximum Gasteiger partial charge on any atom is 0.252 e. The molecule has 1 atom stereocenters. The molecule has 0 spiro atoms. The van der Waals surface area contributed by atoms with Crippen LogP contribution in [0, 0.1) is 6.92 Å². The van der Waals surface area contributed by atoms with Gasteiger partial charge in [0.2, 0.25) is 11.7 Å². The molecule has 4 rings (SSSR count). The van der Waals surface area contributed by atoms with E-state index in [1.54, 1.807) is 17.5 Å². The maximum atomic E-state index is 12.8. The lowest BCUT2D eigenvalue weighted by molar-refractivity contribution is 0.266. The molecule has 1 aliphatic rings. The highest BCUT2D eigenvalue weighted by molar-refractivity contribution is 7.91. The lowest BCUT2D eigenvalue weighted by Crippen LogP contribution is -2.38. The monoisotopic (exact) mass is 389 g/mol. The Labute approximate surface area is 156 Å². The van der Waals surface area contributed by atoms with Gasteiger partial charge in [-0.3, -0.25) is 0 Å². The maximum absolute atomic E-state index is 12.8. The molecule has 8 heteroatoms. The highest BCUT2D eigenvalue weighted by atomic mass is 32.2. The van der Waals surface area contributed by atoms with Crippen molar-refractivity contribution in [2.75, 3.05) is 13.1 Å². The molecular formula is C18H19N3O3S2. The molecule has 26 heavy (non-hydrogen) atoms. The number of hydrogen-bond acceptors (Lipinski definition) is 6. The fourth-order valence-corrected chi connectivity index (χ4v) is 5.87. The topological polar surface area (TPSA) is 76.3 Å². The lowest BCUT2D eigenvalue weighted by Gasteiger charge is -2.29. The van der Waals surface area contributed by atoms with Crippen LogP contribution in [0.25, 0.3) is 11.4 Å². The fourth-order valence-electron chi connectivity index (χ4n) is 3.20. The van der Waals surface area contributed by atoms with Crippen molar-refractivity contribution < 1.29 is 12.9 Å². The minimum absolute atomic E-state index is 0.0791. The Morgan fingerprint density at radius 3 is 2.92 bits per heavy atom. The summed E-state index contributed by atoms with van der Waals surface area (Å²) in [7, 11) is -3.45. The van der Waals surface area contributed by atoms with Gasteiger partial charge in [-0.05, 0) is 37.3 Å². The van der Waals surface area contributed by atoms with Gasteiger partial charge in [0, 0.05) is 18.7 Å². The molecule has 0 N–H and O–H groups in total. The summed E-state index contributed by atoms with van der Waals surface area (Å²) in [4.78, 5) is 4.53. The lowest BCUT2D eigenvalue weighted by atomic mass is 10.00. The standard InChI is InChI=1S/C18H19N3O3S2/c1-13-5-2-6-14(11-13)17-19-18(24-20-17)15-7-3-9-21(12-15)26(22,23)16-8-4-10-25-16/h2,4-6,8,10-11,15H,3,7,9,12H2,1H3. The molecule has 0 aliphatic carbocycles. The van der Waals surface area contributed by atoms with E-state index in [0.29, 0.717) is 29.0 Å². The van der Waals surface area contributed by atoms with E-state index in [2.05, 4.69) is 10.1 Å². The molecule has 0 amide bonds. The Balaban J connectivity index is 1.56. The van der Waals surface area contributed by atoms with Crippen LogP contribution in [-0.2, 0) is 10.0 Å². The van der Waals surface area contributed by atoms with Gasteiger partial charge in [-0.2, -0.15) is 9.29 Å². The normalized spacial score (nSPS) is 18.9. The van der Waals surface area contributed by atoms with Gasteiger partial charge in [0.15, 0.2) is 0 Å². The SMILES string of the molecule is Cc1cccc(-c2noc(C3CCCN(S(=O)(=O)c4cccs4)C3)n2)c1. The summed E-state index contributed by atoms with van der Waals surface area (Å²) in [6, 6.07) is 11.3. The molecule has 1 unspecified atom stereocenters. The van der Waals surface area contributed by atoms with E-state index in [-0.39, 0.29) is 5.92 Å². The number of aryl methyl sites for hydroxylation is 1. The van der Waals surface area contributed by atoms with Crippen LogP contribution in [0.3, 0.4) is 0 Å². The van der Waals surface area contributed by atoms with Crippen molar-refractivity contribution in [3.63, 3.8) is 0 Å². The second kappa shape index (κ2) is 6.94. The number of hydrogen-bond donors (Lipinski definition) is 0. The van der Waals surface area contributed by atoms with Gasteiger partial charge in [0.1, 0.15) is 4.21 Å². The third-order valence-electron chi connectivity index (χ3n) is 4.54. The van der Waals surface area contributed by atoms with Gasteiger partial charge in [-0.25, -0.2) is 8.42 Å². The van der Waals surface area contributed by atoms with Gasteiger partial charge in [0.05, 0.1) is 5.92 Å². The van der Waals surface area contributed by atoms with Crippen molar-refractivity contribution in [2.45, 2.75) is 29.9 Å². The van der Waals surface area contributed by atoms with E-state index in [1.807, 2.05) is 31.2 Å². The third-order valence-corrected chi connectivity index (χ3v) is 7.78. The number of nitrogens with zero attached hydrogens (tertiary/aromatic N) is 3. The van der Waals surface area contributed by atoms with E-state index < -0.39 is 10.0 Å². The smallest absolute Gasteiger partial charge is 0.252 e. The number of piperidine rings is 1. The van der Waals surface area contributed by atoms with Crippen LogP contribution in [0.15, 0.2) is 50.5 Å². The van der Waals surface area contributed by atoms with E-state index in [9.17, 15) is 8.42 Å². The summed E-state index contributed by atoms with van der Waals surface area (Å²) in [5, 5.41) is 5.87. The molecule has 2 aromatic heterocycles. The van der Waals surface area contributed by atoms with Crippen LogP contribution < -0.4 is 0 Å². The molecule has 1 saturated heterocycles. The van der Waals surface area contributed by atoms with Crippen LogP contribution in [-0.4, -0.2) is 36.0 Å². The summed E-state index contributed by atoms with van der Waals surface area (Å²) in [6.07, 6.45) is 1.61. The molecule has 0 bridgehead atoms. The predicted molar refractivity (Wildman–Crippen MR) is 99.5 cm³/mol. The highest BCUT2D eigenvalue weighted by Crippen LogP contribution is 2.31. The zero-order valence-electron chi connectivity index (χ0n) is 14.3. The quantitative estimate of drug-likeness (QED) is 0.680. The molecule has 6 nitrogen and oxygen atoms in total. The first-order chi connectivity index (χ1) is 12.5. The van der Waals surface area contributed by atoms with Crippen LogP contribution in [0.5, 0.6) is 0 Å². The second-order valence-electron chi connectivity index (χ2n) is 6.46. The Bertz CT molecular complexity index is 996. The van der Waals surface area contributed by atoms with Gasteiger partial charge in [-0.1, -0.05) is 35.0 Å². The largest absolute Gasteiger partial charge is 0.339 e. The Kier molecular flexibility index (Phi) is 4.64. The summed E-state index contributed by atoms with van der Waals surface area (Å²) >= 11 is 1.24. The summed E-state index contributed by atoms with van der Waals surface area (Å²) in [6.45, 7) is 2.91. The van der Waals surface area contributed by atoms with Crippen molar-refractivity contribution in [2.24, 2.45) is 0 Å². The third kappa shape index (κ3) is 3.32. The van der Waals surface area contributed by atoms with Crippen molar-refractivity contribution in [1.82, 2.24) is 14.4 Å². The first-order valence-electron chi connectivity index (χ1n) is 8.48. The van der Waals surface area contributed by atoms with E-state index in [4.69, 9.17) is 4.52 Å². The van der Waals surface area contributed by atoms with Crippen LogP contribution in [0.1, 0.15) is 30.2 Å².